The van der Waals surface area contributed by atoms with Gasteiger partial charge in [-0.15, -0.1) is 0 Å². The number of halogens is 1. The predicted molar refractivity (Wildman–Crippen MR) is 115 cm³/mol. The molecular weight excluding hydrogens is 435 g/mol. The highest BCUT2D eigenvalue weighted by molar-refractivity contribution is 7.90. The molecule has 2 fully saturated rings. The number of piperidine rings is 1. The Morgan fingerprint density at radius 2 is 1.91 bits per heavy atom. The summed E-state index contributed by atoms with van der Waals surface area (Å²) in [6.45, 7) is 2.02. The number of anilines is 2. The van der Waals surface area contributed by atoms with E-state index in [9.17, 15) is 17.6 Å². The van der Waals surface area contributed by atoms with Crippen molar-refractivity contribution in [2.45, 2.75) is 36.2 Å². The molecule has 11 heteroatoms. The molecule has 1 aromatic carbocycles. The summed E-state index contributed by atoms with van der Waals surface area (Å²) in [5.74, 6) is -0.0630. The predicted octanol–water partition coefficient (Wildman–Crippen LogP) is 1.57. The molecule has 1 aromatic heterocycles. The molecule has 168 valence electrons. The van der Waals surface area contributed by atoms with Crippen molar-refractivity contribution in [1.29, 1.82) is 5.26 Å². The lowest BCUT2D eigenvalue weighted by Crippen LogP contribution is -2.47. The standard InChI is InChI=1S/C21H23FN6O3S/c1-32(30,31)16-2-3-18(17(22)10-16)26-19-6-9-28(21(19)29)15-4-7-27(8-5-15)20-13-24-14(11-23)12-25-20/h2-3,10,12-13,15,19,26H,4-9H2,1H3. The van der Waals surface area contributed by atoms with Crippen LogP contribution >= 0.6 is 0 Å². The fourth-order valence-electron chi connectivity index (χ4n) is 4.18. The largest absolute Gasteiger partial charge is 0.371 e. The quantitative estimate of drug-likeness (QED) is 0.717. The van der Waals surface area contributed by atoms with Gasteiger partial charge in [0.15, 0.2) is 15.5 Å². The summed E-state index contributed by atoms with van der Waals surface area (Å²) in [4.78, 5) is 25.1. The van der Waals surface area contributed by atoms with Crippen LogP contribution in [-0.2, 0) is 14.6 Å². The number of carbonyl (C=O) groups is 1. The first-order valence-electron chi connectivity index (χ1n) is 10.3. The number of hydrogen-bond acceptors (Lipinski definition) is 8. The molecule has 4 rings (SSSR count). The van der Waals surface area contributed by atoms with Crippen molar-refractivity contribution in [3.05, 3.63) is 42.1 Å². The topological polar surface area (TPSA) is 119 Å². The van der Waals surface area contributed by atoms with Gasteiger partial charge in [0.05, 0.1) is 23.0 Å². The van der Waals surface area contributed by atoms with E-state index in [0.29, 0.717) is 31.9 Å². The second kappa shape index (κ2) is 8.70. The molecular formula is C21H23FN6O3S. The Morgan fingerprint density at radius 1 is 1.16 bits per heavy atom. The summed E-state index contributed by atoms with van der Waals surface area (Å²) in [6.07, 6.45) is 6.15. The fourth-order valence-corrected chi connectivity index (χ4v) is 4.81. The number of likely N-dealkylation sites (tertiary alicyclic amines) is 1. The second-order valence-corrected chi connectivity index (χ2v) is 10.0. The lowest BCUT2D eigenvalue weighted by molar-refractivity contribution is -0.130. The number of nitrogens with zero attached hydrogens (tertiary/aromatic N) is 5. The van der Waals surface area contributed by atoms with Gasteiger partial charge in [-0.3, -0.25) is 4.79 Å². The molecule has 3 heterocycles. The van der Waals surface area contributed by atoms with E-state index < -0.39 is 21.7 Å². The number of nitrogens with one attached hydrogen (secondary N) is 1. The highest BCUT2D eigenvalue weighted by atomic mass is 32.2. The number of carbonyl (C=O) groups excluding carboxylic acids is 1. The van der Waals surface area contributed by atoms with Crippen LogP contribution in [0.1, 0.15) is 25.0 Å². The van der Waals surface area contributed by atoms with Crippen molar-refractivity contribution >= 4 is 27.2 Å². The third-order valence-electron chi connectivity index (χ3n) is 5.92. The number of nitriles is 1. The molecule has 0 radical (unpaired) electrons. The van der Waals surface area contributed by atoms with Crippen molar-refractivity contribution in [2.24, 2.45) is 0 Å². The van der Waals surface area contributed by atoms with E-state index in [1.54, 1.807) is 6.20 Å². The average molecular weight is 459 g/mol. The van der Waals surface area contributed by atoms with E-state index >= 15 is 0 Å². The molecule has 0 spiro atoms. The lowest BCUT2D eigenvalue weighted by Gasteiger charge is -2.37. The molecule has 2 aromatic rings. The Hall–Kier alpha value is -3.26. The van der Waals surface area contributed by atoms with Crippen LogP contribution in [0.25, 0.3) is 0 Å². The summed E-state index contributed by atoms with van der Waals surface area (Å²) in [5.41, 5.74) is 0.388. The Morgan fingerprint density at radius 3 is 2.50 bits per heavy atom. The van der Waals surface area contributed by atoms with Gasteiger partial charge in [0.25, 0.3) is 0 Å². The third kappa shape index (κ3) is 4.50. The average Bonchev–Trinajstić information content (AvgIpc) is 3.14. The molecule has 0 bridgehead atoms. The molecule has 2 aliphatic rings. The molecule has 2 saturated heterocycles. The van der Waals surface area contributed by atoms with Crippen molar-refractivity contribution in [3.63, 3.8) is 0 Å². The minimum absolute atomic E-state index is 0.0757. The third-order valence-corrected chi connectivity index (χ3v) is 7.03. The molecule has 2 aliphatic heterocycles. The molecule has 32 heavy (non-hydrogen) atoms. The number of sulfone groups is 1. The highest BCUT2D eigenvalue weighted by Gasteiger charge is 2.37. The van der Waals surface area contributed by atoms with E-state index in [1.807, 2.05) is 11.0 Å². The second-order valence-electron chi connectivity index (χ2n) is 8.02. The van der Waals surface area contributed by atoms with E-state index in [-0.39, 0.29) is 28.2 Å². The van der Waals surface area contributed by atoms with Gasteiger partial charge in [-0.1, -0.05) is 0 Å². The summed E-state index contributed by atoms with van der Waals surface area (Å²) < 4.78 is 37.5. The minimum Gasteiger partial charge on any atom is -0.371 e. The van der Waals surface area contributed by atoms with E-state index in [0.717, 1.165) is 25.2 Å². The van der Waals surface area contributed by atoms with Crippen LogP contribution in [-0.4, -0.2) is 67.2 Å². The molecule has 1 atom stereocenters. The van der Waals surface area contributed by atoms with Crippen LogP contribution in [0.4, 0.5) is 15.9 Å². The summed E-state index contributed by atoms with van der Waals surface area (Å²) in [7, 11) is -3.50. The number of aromatic nitrogens is 2. The van der Waals surface area contributed by atoms with Gasteiger partial charge in [0, 0.05) is 31.9 Å². The normalized spacial score (nSPS) is 19.8. The Kier molecular flexibility index (Phi) is 5.97. The van der Waals surface area contributed by atoms with Crippen LogP contribution in [0.2, 0.25) is 0 Å². The first kappa shape index (κ1) is 22.0. The fraction of sp³-hybridized carbons (Fsp3) is 0.429. The number of amides is 1. The van der Waals surface area contributed by atoms with E-state index in [1.165, 1.54) is 18.3 Å². The van der Waals surface area contributed by atoms with Gasteiger partial charge in [0.2, 0.25) is 5.91 Å². The van der Waals surface area contributed by atoms with Crippen molar-refractivity contribution in [3.8, 4) is 6.07 Å². The van der Waals surface area contributed by atoms with E-state index in [4.69, 9.17) is 5.26 Å². The maximum atomic E-state index is 14.4. The SMILES string of the molecule is CS(=O)(=O)c1ccc(NC2CCN(C3CCN(c4cnc(C#N)cn4)CC3)C2=O)c(F)c1. The maximum Gasteiger partial charge on any atom is 0.245 e. The van der Waals surface area contributed by atoms with Crippen LogP contribution < -0.4 is 10.2 Å². The van der Waals surface area contributed by atoms with Gasteiger partial charge >= 0.3 is 0 Å². The molecule has 9 nitrogen and oxygen atoms in total. The van der Waals surface area contributed by atoms with Gasteiger partial charge < -0.3 is 15.1 Å². The van der Waals surface area contributed by atoms with Crippen molar-refractivity contribution in [1.82, 2.24) is 14.9 Å². The van der Waals surface area contributed by atoms with Crippen molar-refractivity contribution < 1.29 is 17.6 Å². The zero-order chi connectivity index (χ0) is 22.9. The molecule has 0 saturated carbocycles. The smallest absolute Gasteiger partial charge is 0.245 e. The van der Waals surface area contributed by atoms with Gasteiger partial charge in [-0.2, -0.15) is 5.26 Å². The summed E-state index contributed by atoms with van der Waals surface area (Å²) >= 11 is 0. The Bertz CT molecular complexity index is 1160. The number of hydrogen-bond donors (Lipinski definition) is 1. The van der Waals surface area contributed by atoms with Gasteiger partial charge in [0.1, 0.15) is 23.7 Å². The monoisotopic (exact) mass is 458 g/mol. The molecule has 1 amide bonds. The van der Waals surface area contributed by atoms with Crippen molar-refractivity contribution in [2.75, 3.05) is 36.1 Å². The van der Waals surface area contributed by atoms with Crippen LogP contribution in [0.15, 0.2) is 35.5 Å². The first-order valence-corrected chi connectivity index (χ1v) is 12.2. The Labute approximate surface area is 185 Å². The van der Waals surface area contributed by atoms with Gasteiger partial charge in [-0.25, -0.2) is 22.8 Å². The maximum absolute atomic E-state index is 14.4. The highest BCUT2D eigenvalue weighted by Crippen LogP contribution is 2.27. The van der Waals surface area contributed by atoms with E-state index in [2.05, 4.69) is 20.2 Å². The summed E-state index contributed by atoms with van der Waals surface area (Å²) in [5, 5.41) is 11.8. The number of benzene rings is 1. The first-order chi connectivity index (χ1) is 15.3. The minimum atomic E-state index is -3.50. The Balaban J connectivity index is 1.35. The summed E-state index contributed by atoms with van der Waals surface area (Å²) in [6, 6.07) is 5.16. The zero-order valence-electron chi connectivity index (χ0n) is 17.5. The lowest BCUT2D eigenvalue weighted by atomic mass is 10.0. The zero-order valence-corrected chi connectivity index (χ0v) is 18.3. The van der Waals surface area contributed by atoms with Crippen LogP contribution in [0.5, 0.6) is 0 Å². The van der Waals surface area contributed by atoms with Crippen LogP contribution in [0, 0.1) is 17.1 Å². The van der Waals surface area contributed by atoms with Gasteiger partial charge in [-0.05, 0) is 37.5 Å². The molecule has 0 aliphatic carbocycles. The van der Waals surface area contributed by atoms with Crippen LogP contribution in [0.3, 0.4) is 0 Å². The molecule has 1 unspecified atom stereocenters. The number of rotatable bonds is 5. The molecule has 1 N–H and O–H groups in total.